The lowest BCUT2D eigenvalue weighted by Gasteiger charge is -2.37. The highest BCUT2D eigenvalue weighted by atomic mass is 19.1. The third-order valence-electron chi connectivity index (χ3n) is 4.92. The molecule has 1 aromatic rings. The zero-order valence-corrected chi connectivity index (χ0v) is 13.7. The molecule has 1 aromatic carbocycles. The van der Waals surface area contributed by atoms with Gasteiger partial charge < -0.3 is 14.7 Å². The number of likely N-dealkylation sites (tertiary alicyclic amines) is 1. The maximum atomic E-state index is 13.8. The Bertz CT molecular complexity index is 494. The van der Waals surface area contributed by atoms with Gasteiger partial charge in [0.2, 0.25) is 0 Å². The van der Waals surface area contributed by atoms with Gasteiger partial charge in [0.05, 0.1) is 19.3 Å². The summed E-state index contributed by atoms with van der Waals surface area (Å²) in [6, 6.07) is 6.52. The minimum atomic E-state index is -0.752. The SMILES string of the molecule is OC(CN1CCCC(CN2CCOCC2)C1)c1ccccc1F. The lowest BCUT2D eigenvalue weighted by molar-refractivity contribution is 0.0186. The van der Waals surface area contributed by atoms with E-state index >= 15 is 0 Å². The summed E-state index contributed by atoms with van der Waals surface area (Å²) in [5, 5.41) is 10.4. The summed E-state index contributed by atoms with van der Waals surface area (Å²) in [5.74, 6) is 0.316. The van der Waals surface area contributed by atoms with Crippen LogP contribution in [0.25, 0.3) is 0 Å². The number of morpholine rings is 1. The zero-order valence-electron chi connectivity index (χ0n) is 13.7. The molecule has 1 N–H and O–H groups in total. The summed E-state index contributed by atoms with van der Waals surface area (Å²) in [7, 11) is 0. The topological polar surface area (TPSA) is 35.9 Å². The van der Waals surface area contributed by atoms with E-state index in [0.717, 1.165) is 52.4 Å². The largest absolute Gasteiger partial charge is 0.387 e. The average molecular weight is 322 g/mol. The van der Waals surface area contributed by atoms with Gasteiger partial charge in [-0.2, -0.15) is 0 Å². The fourth-order valence-electron chi connectivity index (χ4n) is 3.70. The van der Waals surface area contributed by atoms with E-state index in [-0.39, 0.29) is 5.82 Å². The van der Waals surface area contributed by atoms with Crippen LogP contribution < -0.4 is 0 Å². The van der Waals surface area contributed by atoms with Gasteiger partial charge in [-0.1, -0.05) is 18.2 Å². The van der Waals surface area contributed by atoms with Crippen LogP contribution in [0.15, 0.2) is 24.3 Å². The first-order valence-electron chi connectivity index (χ1n) is 8.67. The lowest BCUT2D eigenvalue weighted by atomic mass is 9.96. The standard InChI is InChI=1S/C18H27FN2O2/c19-17-6-2-1-5-16(17)18(22)14-21-7-3-4-15(13-21)12-20-8-10-23-11-9-20/h1-2,5-6,15,18,22H,3-4,7-14H2. The maximum Gasteiger partial charge on any atom is 0.129 e. The van der Waals surface area contributed by atoms with E-state index in [1.54, 1.807) is 18.2 Å². The van der Waals surface area contributed by atoms with Gasteiger partial charge in [-0.3, -0.25) is 4.90 Å². The van der Waals surface area contributed by atoms with Crippen LogP contribution in [0.3, 0.4) is 0 Å². The fourth-order valence-corrected chi connectivity index (χ4v) is 3.70. The van der Waals surface area contributed by atoms with Gasteiger partial charge in [-0.05, 0) is 31.4 Å². The highest BCUT2D eigenvalue weighted by Gasteiger charge is 2.25. The second-order valence-corrected chi connectivity index (χ2v) is 6.72. The van der Waals surface area contributed by atoms with Crippen molar-refractivity contribution < 1.29 is 14.2 Å². The van der Waals surface area contributed by atoms with Crippen molar-refractivity contribution in [1.29, 1.82) is 0 Å². The van der Waals surface area contributed by atoms with Crippen molar-refractivity contribution in [3.05, 3.63) is 35.6 Å². The van der Waals surface area contributed by atoms with Gasteiger partial charge in [0.1, 0.15) is 5.82 Å². The maximum absolute atomic E-state index is 13.8. The van der Waals surface area contributed by atoms with Crippen LogP contribution in [0.4, 0.5) is 4.39 Å². The molecule has 2 aliphatic rings. The van der Waals surface area contributed by atoms with E-state index in [2.05, 4.69) is 9.80 Å². The number of halogens is 1. The van der Waals surface area contributed by atoms with Crippen molar-refractivity contribution in [2.45, 2.75) is 18.9 Å². The summed E-state index contributed by atoms with van der Waals surface area (Å²) in [6.07, 6.45) is 1.64. The summed E-state index contributed by atoms with van der Waals surface area (Å²) >= 11 is 0. The quantitative estimate of drug-likeness (QED) is 0.898. The van der Waals surface area contributed by atoms with Crippen LogP contribution >= 0.6 is 0 Å². The van der Waals surface area contributed by atoms with Crippen molar-refractivity contribution >= 4 is 0 Å². The van der Waals surface area contributed by atoms with E-state index in [1.165, 1.54) is 12.5 Å². The normalized spacial score (nSPS) is 25.4. The number of hydrogen-bond acceptors (Lipinski definition) is 4. The molecule has 0 amide bonds. The molecule has 2 heterocycles. The third-order valence-corrected chi connectivity index (χ3v) is 4.92. The monoisotopic (exact) mass is 322 g/mol. The summed E-state index contributed by atoms with van der Waals surface area (Å²) in [5.41, 5.74) is 0.405. The molecule has 0 aliphatic carbocycles. The summed E-state index contributed by atoms with van der Waals surface area (Å²) < 4.78 is 19.2. The molecule has 2 fully saturated rings. The molecule has 2 atom stereocenters. The first kappa shape index (κ1) is 16.8. The minimum Gasteiger partial charge on any atom is -0.387 e. The molecular weight excluding hydrogens is 295 g/mol. The molecule has 0 spiro atoms. The van der Waals surface area contributed by atoms with Gasteiger partial charge in [0.15, 0.2) is 0 Å². The van der Waals surface area contributed by atoms with Gasteiger partial charge in [-0.15, -0.1) is 0 Å². The van der Waals surface area contributed by atoms with Crippen molar-refractivity contribution in [2.24, 2.45) is 5.92 Å². The van der Waals surface area contributed by atoms with E-state index in [4.69, 9.17) is 4.74 Å². The number of aliphatic hydroxyl groups is 1. The van der Waals surface area contributed by atoms with Crippen molar-refractivity contribution in [3.8, 4) is 0 Å². The lowest BCUT2D eigenvalue weighted by Crippen LogP contribution is -2.45. The Balaban J connectivity index is 1.51. The van der Waals surface area contributed by atoms with Crippen LogP contribution in [0.1, 0.15) is 24.5 Å². The number of hydrogen-bond donors (Lipinski definition) is 1. The first-order valence-corrected chi connectivity index (χ1v) is 8.67. The fraction of sp³-hybridized carbons (Fsp3) is 0.667. The number of β-amino-alcohol motifs (C(OH)–C–C–N with tert-alkyl or cyclic N) is 1. The molecule has 2 saturated heterocycles. The number of rotatable bonds is 5. The second kappa shape index (κ2) is 8.20. The smallest absolute Gasteiger partial charge is 0.129 e. The molecule has 2 aliphatic heterocycles. The van der Waals surface area contributed by atoms with Gasteiger partial charge in [-0.25, -0.2) is 4.39 Å². The first-order chi connectivity index (χ1) is 11.2. The Kier molecular flexibility index (Phi) is 6.00. The van der Waals surface area contributed by atoms with Gasteiger partial charge in [0, 0.05) is 38.3 Å². The number of benzene rings is 1. The molecule has 23 heavy (non-hydrogen) atoms. The van der Waals surface area contributed by atoms with E-state index in [0.29, 0.717) is 18.0 Å². The van der Waals surface area contributed by atoms with Gasteiger partial charge >= 0.3 is 0 Å². The number of piperidine rings is 1. The zero-order chi connectivity index (χ0) is 16.1. The predicted octanol–water partition coefficient (Wildman–Crippen LogP) is 1.90. The molecule has 0 radical (unpaired) electrons. The van der Waals surface area contributed by atoms with Crippen LogP contribution in [-0.4, -0.2) is 67.4 Å². The van der Waals surface area contributed by atoms with Crippen LogP contribution in [-0.2, 0) is 4.74 Å². The Morgan fingerprint density at radius 3 is 2.74 bits per heavy atom. The average Bonchev–Trinajstić information content (AvgIpc) is 2.56. The highest BCUT2D eigenvalue weighted by Crippen LogP contribution is 2.23. The Morgan fingerprint density at radius 2 is 1.96 bits per heavy atom. The minimum absolute atomic E-state index is 0.318. The molecule has 128 valence electrons. The molecule has 0 saturated carbocycles. The summed E-state index contributed by atoms with van der Waals surface area (Å²) in [4.78, 5) is 4.76. The van der Waals surface area contributed by atoms with Crippen molar-refractivity contribution in [3.63, 3.8) is 0 Å². The molecule has 0 bridgehead atoms. The van der Waals surface area contributed by atoms with Crippen LogP contribution in [0, 0.1) is 11.7 Å². The van der Waals surface area contributed by atoms with Crippen molar-refractivity contribution in [1.82, 2.24) is 9.80 Å². The molecular formula is C18H27FN2O2. The molecule has 0 aromatic heterocycles. The van der Waals surface area contributed by atoms with Crippen LogP contribution in [0.2, 0.25) is 0 Å². The molecule has 4 nitrogen and oxygen atoms in total. The van der Waals surface area contributed by atoms with E-state index < -0.39 is 6.10 Å². The number of nitrogens with zero attached hydrogens (tertiary/aromatic N) is 2. The number of ether oxygens (including phenoxy) is 1. The highest BCUT2D eigenvalue weighted by molar-refractivity contribution is 5.20. The van der Waals surface area contributed by atoms with Crippen LogP contribution in [0.5, 0.6) is 0 Å². The summed E-state index contributed by atoms with van der Waals surface area (Å²) in [6.45, 7) is 7.32. The number of aliphatic hydroxyl groups excluding tert-OH is 1. The van der Waals surface area contributed by atoms with Crippen molar-refractivity contribution in [2.75, 3.05) is 52.5 Å². The molecule has 2 unspecified atom stereocenters. The second-order valence-electron chi connectivity index (χ2n) is 6.72. The molecule has 5 heteroatoms. The van der Waals surface area contributed by atoms with E-state index in [1.807, 2.05) is 0 Å². The van der Waals surface area contributed by atoms with E-state index in [9.17, 15) is 9.50 Å². The Labute approximate surface area is 137 Å². The molecule has 3 rings (SSSR count). The van der Waals surface area contributed by atoms with Gasteiger partial charge in [0.25, 0.3) is 0 Å². The Morgan fingerprint density at radius 1 is 1.17 bits per heavy atom. The Hall–Kier alpha value is -1.01. The predicted molar refractivity (Wildman–Crippen MR) is 87.8 cm³/mol. The third kappa shape index (κ3) is 4.73.